The molecule has 0 aliphatic carbocycles. The Morgan fingerprint density at radius 1 is 1.29 bits per heavy atom. The van der Waals surface area contributed by atoms with Crippen LogP contribution in [0.1, 0.15) is 51.6 Å². The van der Waals surface area contributed by atoms with Crippen LogP contribution in [0, 0.1) is 0 Å². The number of amides is 1. The summed E-state index contributed by atoms with van der Waals surface area (Å²) in [6.45, 7) is 6.18. The molecule has 2 N–H and O–H groups in total. The summed E-state index contributed by atoms with van der Waals surface area (Å²) in [6, 6.07) is 7.64. The molecule has 116 valence electrons. The van der Waals surface area contributed by atoms with Crippen molar-refractivity contribution in [2.45, 2.75) is 57.7 Å². The van der Waals surface area contributed by atoms with Crippen LogP contribution in [0.15, 0.2) is 24.3 Å². The van der Waals surface area contributed by atoms with Crippen LogP contribution in [0.4, 0.5) is 0 Å². The van der Waals surface area contributed by atoms with Crippen molar-refractivity contribution in [1.82, 2.24) is 4.90 Å². The quantitative estimate of drug-likeness (QED) is 0.911. The number of ether oxygens (including phenoxy) is 1. The molecule has 0 bridgehead atoms. The minimum atomic E-state index is -0.273. The van der Waals surface area contributed by atoms with E-state index in [-0.39, 0.29) is 23.5 Å². The highest BCUT2D eigenvalue weighted by Gasteiger charge is 2.39. The molecule has 1 aliphatic rings. The number of hydrogen-bond acceptors (Lipinski definition) is 3. The second-order valence-electron chi connectivity index (χ2n) is 6.68. The fraction of sp³-hybridized carbons (Fsp3) is 0.588. The summed E-state index contributed by atoms with van der Waals surface area (Å²) >= 11 is 0. The van der Waals surface area contributed by atoms with Gasteiger partial charge in [0, 0.05) is 23.6 Å². The summed E-state index contributed by atoms with van der Waals surface area (Å²) in [5.41, 5.74) is 7.16. The highest BCUT2D eigenvalue weighted by Crippen LogP contribution is 2.38. The Morgan fingerprint density at radius 3 is 2.57 bits per heavy atom. The van der Waals surface area contributed by atoms with Gasteiger partial charge in [0.05, 0.1) is 13.2 Å². The van der Waals surface area contributed by atoms with Crippen molar-refractivity contribution in [3.63, 3.8) is 0 Å². The van der Waals surface area contributed by atoms with Crippen molar-refractivity contribution in [2.75, 3.05) is 7.11 Å². The maximum atomic E-state index is 12.6. The van der Waals surface area contributed by atoms with Crippen LogP contribution < -0.4 is 10.5 Å². The van der Waals surface area contributed by atoms with Crippen LogP contribution in [-0.2, 0) is 4.79 Å². The van der Waals surface area contributed by atoms with Crippen LogP contribution >= 0.6 is 0 Å². The van der Waals surface area contributed by atoms with Crippen LogP contribution in [0.5, 0.6) is 5.75 Å². The molecule has 2 atom stereocenters. The number of hydrogen-bond donors (Lipinski definition) is 1. The predicted molar refractivity (Wildman–Crippen MR) is 84.2 cm³/mol. The van der Waals surface area contributed by atoms with E-state index < -0.39 is 0 Å². The average Bonchev–Trinajstić information content (AvgIpc) is 2.57. The Labute approximate surface area is 127 Å². The van der Waals surface area contributed by atoms with E-state index in [1.165, 1.54) is 0 Å². The van der Waals surface area contributed by atoms with E-state index in [2.05, 4.69) is 20.8 Å². The molecule has 1 fully saturated rings. The van der Waals surface area contributed by atoms with E-state index in [1.54, 1.807) is 7.11 Å². The maximum absolute atomic E-state index is 12.6. The van der Waals surface area contributed by atoms with Crippen LogP contribution in [0.3, 0.4) is 0 Å². The molecule has 0 spiro atoms. The van der Waals surface area contributed by atoms with Gasteiger partial charge in [0.15, 0.2) is 0 Å². The Kier molecular flexibility index (Phi) is 4.57. The average molecular weight is 290 g/mol. The molecule has 1 amide bonds. The van der Waals surface area contributed by atoms with Crippen LogP contribution in [-0.4, -0.2) is 29.5 Å². The van der Waals surface area contributed by atoms with Gasteiger partial charge in [-0.15, -0.1) is 0 Å². The number of benzene rings is 1. The molecule has 2 rings (SSSR count). The molecule has 0 saturated carbocycles. The molecule has 1 aliphatic heterocycles. The molecule has 4 nitrogen and oxygen atoms in total. The van der Waals surface area contributed by atoms with E-state index in [1.807, 2.05) is 29.2 Å². The molecule has 1 saturated heterocycles. The first-order valence-corrected chi connectivity index (χ1v) is 7.57. The molecule has 2 unspecified atom stereocenters. The zero-order valence-corrected chi connectivity index (χ0v) is 13.4. The fourth-order valence-corrected chi connectivity index (χ4v) is 3.19. The molecule has 4 heteroatoms. The van der Waals surface area contributed by atoms with Gasteiger partial charge in [-0.05, 0) is 39.7 Å². The van der Waals surface area contributed by atoms with Gasteiger partial charge in [0.25, 0.3) is 0 Å². The summed E-state index contributed by atoms with van der Waals surface area (Å²) in [4.78, 5) is 14.6. The number of carbonyl (C=O) groups excluding carboxylic acids is 1. The number of para-hydroxylation sites is 1. The summed E-state index contributed by atoms with van der Waals surface area (Å²) in [5, 5.41) is 0. The van der Waals surface area contributed by atoms with Crippen molar-refractivity contribution in [2.24, 2.45) is 5.73 Å². The third-order valence-electron chi connectivity index (χ3n) is 4.06. The largest absolute Gasteiger partial charge is 0.496 e. The van der Waals surface area contributed by atoms with Gasteiger partial charge in [-0.25, -0.2) is 0 Å². The Hall–Kier alpha value is -1.55. The first kappa shape index (κ1) is 15.8. The zero-order valence-electron chi connectivity index (χ0n) is 13.4. The minimum Gasteiger partial charge on any atom is -0.496 e. The molecule has 0 radical (unpaired) electrons. The third-order valence-corrected chi connectivity index (χ3v) is 4.06. The van der Waals surface area contributed by atoms with E-state index in [9.17, 15) is 4.79 Å². The van der Waals surface area contributed by atoms with Crippen molar-refractivity contribution in [3.8, 4) is 5.75 Å². The zero-order chi connectivity index (χ0) is 15.6. The van der Waals surface area contributed by atoms with E-state index >= 15 is 0 Å². The van der Waals surface area contributed by atoms with Crippen LogP contribution in [0.2, 0.25) is 0 Å². The maximum Gasteiger partial charge on any atom is 0.223 e. The number of nitrogens with two attached hydrogens (primary N) is 1. The van der Waals surface area contributed by atoms with Gasteiger partial charge in [-0.3, -0.25) is 4.79 Å². The summed E-state index contributed by atoms with van der Waals surface area (Å²) in [6.07, 6.45) is 2.26. The number of methoxy groups -OCH3 is 1. The Bertz CT molecular complexity index is 508. The van der Waals surface area contributed by atoms with Gasteiger partial charge in [0.1, 0.15) is 5.75 Å². The highest BCUT2D eigenvalue weighted by molar-refractivity contribution is 5.78. The van der Waals surface area contributed by atoms with Gasteiger partial charge in [-0.1, -0.05) is 18.2 Å². The summed E-state index contributed by atoms with van der Waals surface area (Å²) < 4.78 is 5.49. The lowest BCUT2D eigenvalue weighted by atomic mass is 9.92. The fourth-order valence-electron chi connectivity index (χ4n) is 3.19. The second-order valence-corrected chi connectivity index (χ2v) is 6.68. The lowest BCUT2D eigenvalue weighted by molar-refractivity contribution is -0.139. The summed E-state index contributed by atoms with van der Waals surface area (Å²) in [7, 11) is 1.66. The molecule has 1 aromatic carbocycles. The van der Waals surface area contributed by atoms with Crippen molar-refractivity contribution < 1.29 is 9.53 Å². The molecular formula is C17H26N2O2. The second kappa shape index (κ2) is 6.06. The number of nitrogens with zero attached hydrogens (tertiary/aromatic N) is 1. The predicted octanol–water partition coefficient (Wildman–Crippen LogP) is 2.87. The van der Waals surface area contributed by atoms with Crippen molar-refractivity contribution in [3.05, 3.63) is 29.8 Å². The lowest BCUT2D eigenvalue weighted by Gasteiger charge is -2.43. The van der Waals surface area contributed by atoms with E-state index in [0.29, 0.717) is 6.42 Å². The molecule has 1 aromatic rings. The topological polar surface area (TPSA) is 55.6 Å². The minimum absolute atomic E-state index is 0.0769. The van der Waals surface area contributed by atoms with Crippen LogP contribution in [0.25, 0.3) is 0 Å². The normalized spacial score (nSPS) is 23.9. The summed E-state index contributed by atoms with van der Waals surface area (Å²) in [5.74, 6) is 0.966. The molecule has 21 heavy (non-hydrogen) atoms. The van der Waals surface area contributed by atoms with Gasteiger partial charge >= 0.3 is 0 Å². The number of carbonyl (C=O) groups is 1. The number of rotatable bonds is 2. The van der Waals surface area contributed by atoms with Gasteiger partial charge in [0.2, 0.25) is 5.91 Å². The Morgan fingerprint density at radius 2 is 1.95 bits per heavy atom. The van der Waals surface area contributed by atoms with Crippen molar-refractivity contribution in [1.29, 1.82) is 0 Å². The SMILES string of the molecule is COc1ccccc1C1C(N)CCCC(=O)N1C(C)(C)C. The van der Waals surface area contributed by atoms with E-state index in [0.717, 1.165) is 24.2 Å². The highest BCUT2D eigenvalue weighted by atomic mass is 16.5. The van der Waals surface area contributed by atoms with Gasteiger partial charge < -0.3 is 15.4 Å². The van der Waals surface area contributed by atoms with Gasteiger partial charge in [-0.2, -0.15) is 0 Å². The molecule has 1 heterocycles. The Balaban J connectivity index is 2.55. The number of likely N-dealkylation sites (tertiary alicyclic amines) is 1. The smallest absolute Gasteiger partial charge is 0.223 e. The molecular weight excluding hydrogens is 264 g/mol. The van der Waals surface area contributed by atoms with Crippen molar-refractivity contribution >= 4 is 5.91 Å². The first-order valence-electron chi connectivity index (χ1n) is 7.57. The third kappa shape index (κ3) is 3.21. The lowest BCUT2D eigenvalue weighted by Crippen LogP contribution is -2.51. The molecule has 0 aromatic heterocycles. The first-order chi connectivity index (χ1) is 9.86. The standard InChI is InChI=1S/C17H26N2O2/c1-17(2,3)19-15(20)11-7-9-13(18)16(19)12-8-5-6-10-14(12)21-4/h5-6,8,10,13,16H,7,9,11,18H2,1-4H3. The monoisotopic (exact) mass is 290 g/mol. The van der Waals surface area contributed by atoms with E-state index in [4.69, 9.17) is 10.5 Å².